The second-order valence-electron chi connectivity index (χ2n) is 5.22. The first-order valence-corrected chi connectivity index (χ1v) is 8.36. The van der Waals surface area contributed by atoms with Crippen molar-refractivity contribution in [2.75, 3.05) is 22.3 Å². The molecule has 7 heteroatoms. The van der Waals surface area contributed by atoms with Crippen molar-refractivity contribution in [2.24, 2.45) is 0 Å². The van der Waals surface area contributed by atoms with E-state index in [2.05, 4.69) is 16.0 Å². The second-order valence-corrected chi connectivity index (χ2v) is 6.25. The van der Waals surface area contributed by atoms with E-state index in [1.54, 1.807) is 36.0 Å². The van der Waals surface area contributed by atoms with E-state index in [4.69, 9.17) is 4.42 Å². The number of hydrogen-bond acceptors (Lipinski definition) is 5. The Morgan fingerprint density at radius 2 is 2.17 bits per heavy atom. The molecular weight excluding hydrogens is 314 g/mol. The molecular formula is C16H17N3O3S. The molecule has 1 saturated heterocycles. The number of hydrogen-bond donors (Lipinski definition) is 3. The minimum absolute atomic E-state index is 0.0400. The third-order valence-electron chi connectivity index (χ3n) is 3.52. The molecule has 0 spiro atoms. The summed E-state index contributed by atoms with van der Waals surface area (Å²) in [7, 11) is 0. The van der Waals surface area contributed by atoms with Gasteiger partial charge < -0.3 is 15.1 Å². The number of carbonyl (C=O) groups is 2. The van der Waals surface area contributed by atoms with Crippen LogP contribution >= 0.6 is 11.8 Å². The topological polar surface area (TPSA) is 83.4 Å². The van der Waals surface area contributed by atoms with E-state index in [1.807, 2.05) is 13.0 Å². The van der Waals surface area contributed by atoms with Crippen molar-refractivity contribution in [3.05, 3.63) is 47.9 Å². The van der Waals surface area contributed by atoms with Crippen LogP contribution in [0, 0.1) is 6.92 Å². The van der Waals surface area contributed by atoms with Gasteiger partial charge in [0, 0.05) is 23.0 Å². The van der Waals surface area contributed by atoms with Crippen molar-refractivity contribution in [3.63, 3.8) is 0 Å². The van der Waals surface area contributed by atoms with E-state index in [0.717, 1.165) is 17.2 Å². The Morgan fingerprint density at radius 3 is 2.83 bits per heavy atom. The Labute approximate surface area is 138 Å². The second kappa shape index (κ2) is 6.89. The van der Waals surface area contributed by atoms with Gasteiger partial charge in [0.05, 0.1) is 12.3 Å². The molecule has 1 fully saturated rings. The van der Waals surface area contributed by atoms with E-state index >= 15 is 0 Å². The Balaban J connectivity index is 1.65. The number of nitrogens with one attached hydrogen (secondary N) is 3. The van der Waals surface area contributed by atoms with E-state index in [-0.39, 0.29) is 23.6 Å². The van der Waals surface area contributed by atoms with Crippen molar-refractivity contribution in [1.29, 1.82) is 0 Å². The van der Waals surface area contributed by atoms with Crippen LogP contribution in [0.2, 0.25) is 0 Å². The monoisotopic (exact) mass is 331 g/mol. The van der Waals surface area contributed by atoms with Gasteiger partial charge >= 0.3 is 0 Å². The largest absolute Gasteiger partial charge is 0.459 e. The van der Waals surface area contributed by atoms with Crippen LogP contribution in [0.15, 0.2) is 41.0 Å². The lowest BCUT2D eigenvalue weighted by Gasteiger charge is -2.13. The third kappa shape index (κ3) is 3.75. The predicted molar refractivity (Wildman–Crippen MR) is 90.7 cm³/mol. The summed E-state index contributed by atoms with van der Waals surface area (Å²) in [6.45, 7) is 1.87. The van der Waals surface area contributed by atoms with Gasteiger partial charge in [0.15, 0.2) is 5.76 Å². The summed E-state index contributed by atoms with van der Waals surface area (Å²) in [5, 5.41) is 8.80. The summed E-state index contributed by atoms with van der Waals surface area (Å²) in [5.74, 6) is 1.49. The zero-order valence-electron chi connectivity index (χ0n) is 12.6. The summed E-state index contributed by atoms with van der Waals surface area (Å²) >= 11 is 1.70. The number of benzene rings is 1. The number of carbonyl (C=O) groups excluding carboxylic acids is 2. The zero-order valence-corrected chi connectivity index (χ0v) is 13.4. The van der Waals surface area contributed by atoms with Gasteiger partial charge in [0.25, 0.3) is 5.91 Å². The van der Waals surface area contributed by atoms with Crippen molar-refractivity contribution in [1.82, 2.24) is 5.32 Å². The molecule has 1 atom stereocenters. The Bertz CT molecular complexity index is 709. The fourth-order valence-electron chi connectivity index (χ4n) is 2.27. The Hall–Kier alpha value is -2.25. The molecule has 3 rings (SSSR count). The van der Waals surface area contributed by atoms with Crippen LogP contribution in [0.4, 0.5) is 11.4 Å². The molecule has 0 saturated carbocycles. The first kappa shape index (κ1) is 15.6. The number of anilines is 2. The highest BCUT2D eigenvalue weighted by molar-refractivity contribution is 7.99. The molecule has 1 aliphatic heterocycles. The highest BCUT2D eigenvalue weighted by atomic mass is 32.2. The molecule has 1 aromatic heterocycles. The average Bonchev–Trinajstić information content (AvgIpc) is 3.23. The fourth-order valence-corrected chi connectivity index (χ4v) is 3.21. The number of thioether (sulfide) groups is 1. The maximum absolute atomic E-state index is 12.1. The minimum atomic E-state index is -0.304. The lowest BCUT2D eigenvalue weighted by molar-refractivity contribution is -0.117. The standard InChI is InChI=1S/C16H17N3O3S/c1-10-7-11(18-15(20)13-8-23-9-17-13)4-5-12(10)19-16(21)14-3-2-6-22-14/h2-7,13,17H,8-9H2,1H3,(H,18,20)(H,19,21). The molecule has 0 aliphatic carbocycles. The molecule has 1 unspecified atom stereocenters. The van der Waals surface area contributed by atoms with Crippen LogP contribution in [0.1, 0.15) is 16.1 Å². The highest BCUT2D eigenvalue weighted by Gasteiger charge is 2.22. The van der Waals surface area contributed by atoms with Crippen LogP contribution < -0.4 is 16.0 Å². The average molecular weight is 331 g/mol. The fraction of sp³-hybridized carbons (Fsp3) is 0.250. The van der Waals surface area contributed by atoms with Crippen LogP contribution in [-0.2, 0) is 4.79 Å². The van der Waals surface area contributed by atoms with Gasteiger partial charge in [-0.05, 0) is 42.8 Å². The van der Waals surface area contributed by atoms with Gasteiger partial charge in [-0.3, -0.25) is 14.9 Å². The highest BCUT2D eigenvalue weighted by Crippen LogP contribution is 2.21. The molecule has 120 valence electrons. The normalized spacial score (nSPS) is 17.0. The lowest BCUT2D eigenvalue weighted by atomic mass is 10.1. The van der Waals surface area contributed by atoms with Crippen molar-refractivity contribution in [2.45, 2.75) is 13.0 Å². The summed E-state index contributed by atoms with van der Waals surface area (Å²) < 4.78 is 5.06. The van der Waals surface area contributed by atoms with Crippen LogP contribution in [0.25, 0.3) is 0 Å². The molecule has 2 amide bonds. The zero-order chi connectivity index (χ0) is 16.2. The summed E-state index contributed by atoms with van der Waals surface area (Å²) in [4.78, 5) is 24.1. The summed E-state index contributed by atoms with van der Waals surface area (Å²) in [6.07, 6.45) is 1.45. The minimum Gasteiger partial charge on any atom is -0.459 e. The molecule has 6 nitrogen and oxygen atoms in total. The maximum Gasteiger partial charge on any atom is 0.291 e. The SMILES string of the molecule is Cc1cc(NC(=O)C2CSCN2)ccc1NC(=O)c1ccco1. The maximum atomic E-state index is 12.1. The van der Waals surface area contributed by atoms with E-state index in [9.17, 15) is 9.59 Å². The Kier molecular flexibility index (Phi) is 4.68. The van der Waals surface area contributed by atoms with Crippen molar-refractivity contribution in [3.8, 4) is 0 Å². The molecule has 3 N–H and O–H groups in total. The van der Waals surface area contributed by atoms with Gasteiger partial charge in [0.2, 0.25) is 5.91 Å². The lowest BCUT2D eigenvalue weighted by Crippen LogP contribution is -2.37. The van der Waals surface area contributed by atoms with E-state index in [1.165, 1.54) is 6.26 Å². The van der Waals surface area contributed by atoms with Gasteiger partial charge in [-0.25, -0.2) is 0 Å². The first-order valence-electron chi connectivity index (χ1n) is 7.21. The molecule has 1 aromatic carbocycles. The number of furan rings is 1. The van der Waals surface area contributed by atoms with Crippen LogP contribution in [-0.4, -0.2) is 29.5 Å². The number of rotatable bonds is 4. The Morgan fingerprint density at radius 1 is 1.30 bits per heavy atom. The van der Waals surface area contributed by atoms with Crippen LogP contribution in [0.5, 0.6) is 0 Å². The molecule has 1 aliphatic rings. The number of aryl methyl sites for hydroxylation is 1. The van der Waals surface area contributed by atoms with E-state index in [0.29, 0.717) is 11.4 Å². The predicted octanol–water partition coefficient (Wildman–Crippen LogP) is 2.44. The van der Waals surface area contributed by atoms with Crippen molar-refractivity contribution >= 4 is 35.0 Å². The van der Waals surface area contributed by atoms with Crippen molar-refractivity contribution < 1.29 is 14.0 Å². The van der Waals surface area contributed by atoms with Gasteiger partial charge in [0.1, 0.15) is 0 Å². The molecule has 23 heavy (non-hydrogen) atoms. The van der Waals surface area contributed by atoms with Crippen LogP contribution in [0.3, 0.4) is 0 Å². The molecule has 0 radical (unpaired) electrons. The molecule has 2 heterocycles. The smallest absolute Gasteiger partial charge is 0.291 e. The van der Waals surface area contributed by atoms with Gasteiger partial charge in [-0.1, -0.05) is 0 Å². The van der Waals surface area contributed by atoms with E-state index < -0.39 is 0 Å². The van der Waals surface area contributed by atoms with Gasteiger partial charge in [-0.15, -0.1) is 11.8 Å². The number of amides is 2. The van der Waals surface area contributed by atoms with Gasteiger partial charge in [-0.2, -0.15) is 0 Å². The summed E-state index contributed by atoms with van der Waals surface area (Å²) in [5.41, 5.74) is 2.25. The third-order valence-corrected chi connectivity index (χ3v) is 4.46. The molecule has 2 aromatic rings. The molecule has 0 bridgehead atoms. The quantitative estimate of drug-likeness (QED) is 0.801. The first-order chi connectivity index (χ1) is 11.1. The summed E-state index contributed by atoms with van der Waals surface area (Å²) in [6, 6.07) is 8.48.